The zero-order valence-corrected chi connectivity index (χ0v) is 9.89. The van der Waals surface area contributed by atoms with Crippen molar-refractivity contribution in [1.29, 1.82) is 0 Å². The van der Waals surface area contributed by atoms with Crippen LogP contribution in [0.1, 0.15) is 31.4 Å². The quantitative estimate of drug-likeness (QED) is 0.832. The van der Waals surface area contributed by atoms with Crippen LogP contribution in [0.4, 0.5) is 0 Å². The molecule has 3 unspecified atom stereocenters. The summed E-state index contributed by atoms with van der Waals surface area (Å²) in [6.45, 7) is 2.03. The van der Waals surface area contributed by atoms with E-state index in [9.17, 15) is 0 Å². The Morgan fingerprint density at radius 3 is 3.00 bits per heavy atom. The molecule has 2 aliphatic carbocycles. The van der Waals surface area contributed by atoms with Crippen LogP contribution in [0.3, 0.4) is 0 Å². The van der Waals surface area contributed by atoms with Gasteiger partial charge in [-0.2, -0.15) is 0 Å². The predicted molar refractivity (Wildman–Crippen MR) is 61.6 cm³/mol. The fourth-order valence-corrected chi connectivity index (χ4v) is 3.49. The van der Waals surface area contributed by atoms with Crippen molar-refractivity contribution >= 4 is 0 Å². The van der Waals surface area contributed by atoms with Gasteiger partial charge in [0.1, 0.15) is 0 Å². The highest BCUT2D eigenvalue weighted by molar-refractivity contribution is 4.93. The van der Waals surface area contributed by atoms with E-state index in [1.807, 2.05) is 13.2 Å². The molecule has 2 saturated carbocycles. The van der Waals surface area contributed by atoms with Crippen molar-refractivity contribution in [2.75, 3.05) is 6.54 Å². The molecule has 2 fully saturated rings. The molecule has 2 bridgehead atoms. The predicted octanol–water partition coefficient (Wildman–Crippen LogP) is 1.34. The highest BCUT2D eigenvalue weighted by Crippen LogP contribution is 2.47. The SMILES string of the molecule is Cn1cc(CNCC2CC3CCC2C3)nn1. The first kappa shape index (κ1) is 10.3. The van der Waals surface area contributed by atoms with Gasteiger partial charge in [-0.1, -0.05) is 11.6 Å². The Hall–Kier alpha value is -0.900. The third kappa shape index (κ3) is 1.98. The summed E-state index contributed by atoms with van der Waals surface area (Å²) in [5, 5.41) is 11.5. The van der Waals surface area contributed by atoms with Gasteiger partial charge in [-0.25, -0.2) is 0 Å². The van der Waals surface area contributed by atoms with Crippen LogP contribution in [0.5, 0.6) is 0 Å². The molecular formula is C12H20N4. The molecule has 16 heavy (non-hydrogen) atoms. The Bertz CT molecular complexity index is 360. The van der Waals surface area contributed by atoms with Crippen LogP contribution in [0.15, 0.2) is 6.20 Å². The fourth-order valence-electron chi connectivity index (χ4n) is 3.49. The minimum atomic E-state index is 0.863. The van der Waals surface area contributed by atoms with E-state index < -0.39 is 0 Å². The third-order valence-corrected chi connectivity index (χ3v) is 4.25. The van der Waals surface area contributed by atoms with E-state index in [4.69, 9.17) is 0 Å². The summed E-state index contributed by atoms with van der Waals surface area (Å²) in [7, 11) is 1.91. The van der Waals surface area contributed by atoms with Gasteiger partial charge < -0.3 is 5.32 Å². The smallest absolute Gasteiger partial charge is 0.0964 e. The zero-order valence-electron chi connectivity index (χ0n) is 9.89. The van der Waals surface area contributed by atoms with Crippen molar-refractivity contribution < 1.29 is 0 Å². The molecule has 0 aromatic carbocycles. The average Bonchev–Trinajstić information content (AvgIpc) is 2.94. The van der Waals surface area contributed by atoms with Crippen molar-refractivity contribution in [3.63, 3.8) is 0 Å². The minimum absolute atomic E-state index is 0.863. The van der Waals surface area contributed by atoms with Gasteiger partial charge in [0.2, 0.25) is 0 Å². The first-order valence-electron chi connectivity index (χ1n) is 6.37. The molecule has 0 spiro atoms. The summed E-state index contributed by atoms with van der Waals surface area (Å²) >= 11 is 0. The summed E-state index contributed by atoms with van der Waals surface area (Å²) in [5.74, 6) is 2.99. The highest BCUT2D eigenvalue weighted by Gasteiger charge is 2.38. The first-order valence-corrected chi connectivity index (χ1v) is 6.37. The van der Waals surface area contributed by atoms with Gasteiger partial charge in [-0.3, -0.25) is 4.68 Å². The molecule has 2 aliphatic rings. The van der Waals surface area contributed by atoms with Crippen molar-refractivity contribution in [2.24, 2.45) is 24.8 Å². The third-order valence-electron chi connectivity index (χ3n) is 4.25. The van der Waals surface area contributed by atoms with Gasteiger partial charge in [0.25, 0.3) is 0 Å². The van der Waals surface area contributed by atoms with E-state index in [-0.39, 0.29) is 0 Å². The van der Waals surface area contributed by atoms with E-state index in [1.165, 1.54) is 25.7 Å². The zero-order chi connectivity index (χ0) is 11.0. The lowest BCUT2D eigenvalue weighted by atomic mass is 9.89. The molecule has 0 amide bonds. The first-order chi connectivity index (χ1) is 7.81. The van der Waals surface area contributed by atoms with E-state index >= 15 is 0 Å². The maximum absolute atomic E-state index is 4.08. The molecule has 1 aromatic heterocycles. The van der Waals surface area contributed by atoms with Gasteiger partial charge in [0.15, 0.2) is 0 Å². The lowest BCUT2D eigenvalue weighted by Crippen LogP contribution is -2.26. The number of fused-ring (bicyclic) bond motifs is 2. The lowest BCUT2D eigenvalue weighted by molar-refractivity contribution is 0.318. The topological polar surface area (TPSA) is 42.7 Å². The molecule has 0 aliphatic heterocycles. The van der Waals surface area contributed by atoms with Crippen LogP contribution >= 0.6 is 0 Å². The van der Waals surface area contributed by atoms with Gasteiger partial charge in [0, 0.05) is 19.8 Å². The summed E-state index contributed by atoms with van der Waals surface area (Å²) in [4.78, 5) is 0. The Balaban J connectivity index is 1.44. The van der Waals surface area contributed by atoms with Crippen LogP contribution in [0, 0.1) is 17.8 Å². The van der Waals surface area contributed by atoms with Crippen LogP contribution in [0.2, 0.25) is 0 Å². The number of aryl methyl sites for hydroxylation is 1. The minimum Gasteiger partial charge on any atom is -0.311 e. The van der Waals surface area contributed by atoms with Gasteiger partial charge in [0.05, 0.1) is 5.69 Å². The van der Waals surface area contributed by atoms with E-state index in [2.05, 4.69) is 15.6 Å². The maximum Gasteiger partial charge on any atom is 0.0964 e. The lowest BCUT2D eigenvalue weighted by Gasteiger charge is -2.21. The second kappa shape index (κ2) is 4.17. The summed E-state index contributed by atoms with van der Waals surface area (Å²) in [6, 6.07) is 0. The number of aromatic nitrogens is 3. The number of hydrogen-bond donors (Lipinski definition) is 1. The summed E-state index contributed by atoms with van der Waals surface area (Å²) < 4.78 is 1.76. The number of nitrogens with one attached hydrogen (secondary N) is 1. The molecule has 3 atom stereocenters. The highest BCUT2D eigenvalue weighted by atomic mass is 15.4. The second-order valence-corrected chi connectivity index (χ2v) is 5.45. The number of nitrogens with zero attached hydrogens (tertiary/aromatic N) is 3. The molecule has 0 radical (unpaired) electrons. The molecule has 3 rings (SSSR count). The molecule has 1 N–H and O–H groups in total. The Morgan fingerprint density at radius 1 is 1.44 bits per heavy atom. The van der Waals surface area contributed by atoms with Crippen molar-refractivity contribution in [1.82, 2.24) is 20.3 Å². The molecule has 1 heterocycles. The van der Waals surface area contributed by atoms with Gasteiger partial charge >= 0.3 is 0 Å². The van der Waals surface area contributed by atoms with E-state index in [1.54, 1.807) is 4.68 Å². The molecular weight excluding hydrogens is 200 g/mol. The van der Waals surface area contributed by atoms with E-state index in [0.29, 0.717) is 0 Å². The molecule has 1 aromatic rings. The standard InChI is InChI=1S/C12H20N4/c1-16-8-12(14-15-16)7-13-6-11-5-9-2-3-10(11)4-9/h8-11,13H,2-7H2,1H3. The monoisotopic (exact) mass is 220 g/mol. The molecule has 4 nitrogen and oxygen atoms in total. The van der Waals surface area contributed by atoms with Crippen LogP contribution in [-0.4, -0.2) is 21.5 Å². The van der Waals surface area contributed by atoms with Crippen LogP contribution in [-0.2, 0) is 13.6 Å². The molecule has 88 valence electrons. The summed E-state index contributed by atoms with van der Waals surface area (Å²) in [5.41, 5.74) is 1.05. The van der Waals surface area contributed by atoms with Gasteiger partial charge in [-0.15, -0.1) is 5.10 Å². The van der Waals surface area contributed by atoms with Crippen molar-refractivity contribution in [3.8, 4) is 0 Å². The normalized spacial score (nSPS) is 32.4. The second-order valence-electron chi connectivity index (χ2n) is 5.45. The number of rotatable bonds is 4. The van der Waals surface area contributed by atoms with Crippen molar-refractivity contribution in [3.05, 3.63) is 11.9 Å². The van der Waals surface area contributed by atoms with Crippen LogP contribution < -0.4 is 5.32 Å². The largest absolute Gasteiger partial charge is 0.311 e. The molecule has 4 heteroatoms. The van der Waals surface area contributed by atoms with Gasteiger partial charge in [-0.05, 0) is 43.6 Å². The maximum atomic E-state index is 4.08. The van der Waals surface area contributed by atoms with E-state index in [0.717, 1.165) is 36.5 Å². The Morgan fingerprint density at radius 2 is 2.38 bits per heavy atom. The molecule has 0 saturated heterocycles. The number of hydrogen-bond acceptors (Lipinski definition) is 3. The summed E-state index contributed by atoms with van der Waals surface area (Å²) in [6.07, 6.45) is 7.90. The van der Waals surface area contributed by atoms with Crippen molar-refractivity contribution in [2.45, 2.75) is 32.2 Å². The Labute approximate surface area is 96.4 Å². The van der Waals surface area contributed by atoms with Crippen LogP contribution in [0.25, 0.3) is 0 Å². The Kier molecular flexibility index (Phi) is 2.67. The average molecular weight is 220 g/mol. The fraction of sp³-hybridized carbons (Fsp3) is 0.833.